The largest absolute Gasteiger partial charge is 0.504 e. The molecule has 0 saturated heterocycles. The normalized spacial score (nSPS) is 10.3. The van der Waals surface area contributed by atoms with E-state index < -0.39 is 0 Å². The molecule has 1 aromatic rings. The highest BCUT2D eigenvalue weighted by Crippen LogP contribution is 2.32. The van der Waals surface area contributed by atoms with Crippen LogP contribution < -0.4 is 10.2 Å². The lowest BCUT2D eigenvalue weighted by molar-refractivity contribution is 0.317. The third-order valence-electron chi connectivity index (χ3n) is 2.00. The van der Waals surface area contributed by atoms with E-state index in [0.717, 1.165) is 5.56 Å². The number of rotatable bonds is 6. The molecule has 96 valence electrons. The van der Waals surface area contributed by atoms with Gasteiger partial charge in [-0.05, 0) is 47.2 Å². The minimum Gasteiger partial charge on any atom is -0.504 e. The summed E-state index contributed by atoms with van der Waals surface area (Å²) in [6.07, 6.45) is 2.04. The molecule has 0 saturated carbocycles. The average molecular weight is 359 g/mol. The molecule has 2 N–H and O–H groups in total. The van der Waals surface area contributed by atoms with Gasteiger partial charge in [0.25, 0.3) is 0 Å². The first kappa shape index (κ1) is 14.6. The van der Waals surface area contributed by atoms with Crippen LogP contribution in [0.5, 0.6) is 11.5 Å². The Morgan fingerprint density at radius 3 is 3.06 bits per heavy atom. The first-order valence-corrected chi connectivity index (χ1v) is 6.55. The van der Waals surface area contributed by atoms with Gasteiger partial charge in [-0.3, -0.25) is 0 Å². The number of hydrogen-bond acceptors (Lipinski definition) is 5. The maximum atomic E-state index is 9.77. The number of benzene rings is 1. The van der Waals surface area contributed by atoms with Crippen molar-refractivity contribution in [3.05, 3.63) is 21.3 Å². The van der Waals surface area contributed by atoms with Crippen molar-refractivity contribution in [1.82, 2.24) is 5.43 Å². The molecule has 0 atom stereocenters. The summed E-state index contributed by atoms with van der Waals surface area (Å²) in [6, 6.07) is 5.54. The average Bonchev–Trinajstić information content (AvgIpc) is 2.35. The van der Waals surface area contributed by atoms with Crippen LogP contribution >= 0.6 is 22.6 Å². The summed E-state index contributed by atoms with van der Waals surface area (Å²) >= 11 is 2.03. The van der Waals surface area contributed by atoms with Gasteiger partial charge in [-0.25, -0.2) is 0 Å². The van der Waals surface area contributed by atoms with Crippen LogP contribution in [0.1, 0.15) is 18.9 Å². The van der Waals surface area contributed by atoms with Gasteiger partial charge >= 0.3 is 0 Å². The van der Waals surface area contributed by atoms with Crippen LogP contribution in [0.4, 0.5) is 0 Å². The van der Waals surface area contributed by atoms with E-state index in [1.165, 1.54) is 0 Å². The highest BCUT2D eigenvalue weighted by Gasteiger charge is 2.07. The van der Waals surface area contributed by atoms with Crippen LogP contribution in [0.25, 0.3) is 0 Å². The molecular formula is C12H14IN3O2. The minimum atomic E-state index is 0.145. The van der Waals surface area contributed by atoms with E-state index in [9.17, 15) is 5.11 Å². The van der Waals surface area contributed by atoms with Crippen molar-refractivity contribution in [3.63, 3.8) is 0 Å². The third kappa shape index (κ3) is 4.41. The fourth-order valence-corrected chi connectivity index (χ4v) is 1.86. The lowest BCUT2D eigenvalue weighted by Crippen LogP contribution is -2.06. The fraction of sp³-hybridized carbons (Fsp3) is 0.333. The van der Waals surface area contributed by atoms with Gasteiger partial charge in [0, 0.05) is 6.54 Å². The lowest BCUT2D eigenvalue weighted by atomic mass is 10.2. The first-order chi connectivity index (χ1) is 8.69. The molecule has 6 heteroatoms. The fourth-order valence-electron chi connectivity index (χ4n) is 1.23. The highest BCUT2D eigenvalue weighted by atomic mass is 127. The van der Waals surface area contributed by atoms with E-state index in [1.807, 2.05) is 35.6 Å². The quantitative estimate of drug-likeness (QED) is 0.353. The molecule has 5 nitrogen and oxygen atoms in total. The SMILES string of the molecule is CCOc1cc(/C=N/NCCC#N)cc(I)c1O. The van der Waals surface area contributed by atoms with Gasteiger partial charge in [0.2, 0.25) is 0 Å². The van der Waals surface area contributed by atoms with Crippen LogP contribution in [0, 0.1) is 14.9 Å². The smallest absolute Gasteiger partial charge is 0.171 e. The Morgan fingerprint density at radius 1 is 1.61 bits per heavy atom. The number of halogens is 1. The number of nitrogens with zero attached hydrogens (tertiary/aromatic N) is 2. The van der Waals surface area contributed by atoms with Crippen LogP contribution in [-0.4, -0.2) is 24.5 Å². The third-order valence-corrected chi connectivity index (χ3v) is 2.83. The van der Waals surface area contributed by atoms with Crippen LogP contribution in [-0.2, 0) is 0 Å². The van der Waals surface area contributed by atoms with Crippen molar-refractivity contribution in [2.75, 3.05) is 13.2 Å². The van der Waals surface area contributed by atoms with Crippen LogP contribution in [0.15, 0.2) is 17.2 Å². The van der Waals surface area contributed by atoms with E-state index >= 15 is 0 Å². The standard InChI is InChI=1S/C12H14IN3O2/c1-2-18-11-7-9(6-10(13)12(11)17)8-16-15-5-3-4-14/h6-8,15,17H,2-3,5H2,1H3/b16-8+. The number of hydrogen-bond donors (Lipinski definition) is 2. The zero-order valence-corrected chi connectivity index (χ0v) is 12.1. The summed E-state index contributed by atoms with van der Waals surface area (Å²) in [5, 5.41) is 22.1. The van der Waals surface area contributed by atoms with Crippen molar-refractivity contribution in [1.29, 1.82) is 5.26 Å². The van der Waals surface area contributed by atoms with E-state index in [2.05, 4.69) is 10.5 Å². The van der Waals surface area contributed by atoms with Gasteiger partial charge < -0.3 is 15.3 Å². The number of nitrogens with one attached hydrogen (secondary N) is 1. The summed E-state index contributed by atoms with van der Waals surface area (Å²) in [4.78, 5) is 0. The van der Waals surface area contributed by atoms with E-state index in [1.54, 1.807) is 18.3 Å². The van der Waals surface area contributed by atoms with Gasteiger partial charge in [0.1, 0.15) is 0 Å². The van der Waals surface area contributed by atoms with Gasteiger partial charge in [-0.15, -0.1) is 0 Å². The number of phenols is 1. The zero-order valence-electron chi connectivity index (χ0n) is 9.98. The van der Waals surface area contributed by atoms with Crippen LogP contribution in [0.2, 0.25) is 0 Å². The summed E-state index contributed by atoms with van der Waals surface area (Å²) in [6.45, 7) is 2.86. The van der Waals surface area contributed by atoms with Gasteiger partial charge in [0.15, 0.2) is 11.5 Å². The van der Waals surface area contributed by atoms with Crippen LogP contribution in [0.3, 0.4) is 0 Å². The Balaban J connectivity index is 2.74. The predicted octanol–water partition coefficient (Wildman–Crippen LogP) is 2.23. The molecule has 0 aromatic heterocycles. The molecule has 0 spiro atoms. The molecular weight excluding hydrogens is 345 g/mol. The topological polar surface area (TPSA) is 77.6 Å². The van der Waals surface area contributed by atoms with Crippen molar-refractivity contribution in [3.8, 4) is 17.6 Å². The van der Waals surface area contributed by atoms with E-state index in [-0.39, 0.29) is 5.75 Å². The molecule has 0 radical (unpaired) electrons. The number of hydrazone groups is 1. The van der Waals surface area contributed by atoms with Crippen molar-refractivity contribution in [2.45, 2.75) is 13.3 Å². The summed E-state index contributed by atoms with van der Waals surface area (Å²) < 4.78 is 6.03. The Morgan fingerprint density at radius 2 is 2.39 bits per heavy atom. The number of aromatic hydroxyl groups is 1. The van der Waals surface area contributed by atoms with Gasteiger partial charge in [-0.1, -0.05) is 0 Å². The molecule has 0 aliphatic heterocycles. The summed E-state index contributed by atoms with van der Waals surface area (Å²) in [5.74, 6) is 0.593. The van der Waals surface area contributed by atoms with Gasteiger partial charge in [-0.2, -0.15) is 10.4 Å². The molecule has 18 heavy (non-hydrogen) atoms. The summed E-state index contributed by atoms with van der Waals surface area (Å²) in [7, 11) is 0. The highest BCUT2D eigenvalue weighted by molar-refractivity contribution is 14.1. The maximum absolute atomic E-state index is 9.77. The first-order valence-electron chi connectivity index (χ1n) is 5.47. The Hall–Kier alpha value is -1.49. The Bertz CT molecular complexity index is 469. The van der Waals surface area contributed by atoms with Crippen molar-refractivity contribution < 1.29 is 9.84 Å². The number of ether oxygens (including phenoxy) is 1. The molecule has 0 fully saturated rings. The second kappa shape index (κ2) is 7.76. The zero-order chi connectivity index (χ0) is 13.4. The maximum Gasteiger partial charge on any atom is 0.171 e. The molecule has 0 bridgehead atoms. The molecule has 0 aliphatic carbocycles. The minimum absolute atomic E-state index is 0.145. The molecule has 1 rings (SSSR count). The van der Waals surface area contributed by atoms with Crippen molar-refractivity contribution >= 4 is 28.8 Å². The molecule has 0 amide bonds. The number of nitriles is 1. The Labute approximate surface area is 120 Å². The van der Waals surface area contributed by atoms with Crippen molar-refractivity contribution in [2.24, 2.45) is 5.10 Å². The number of phenolic OH excluding ortho intramolecular Hbond substituents is 1. The summed E-state index contributed by atoms with van der Waals surface area (Å²) in [5.41, 5.74) is 3.59. The van der Waals surface area contributed by atoms with E-state index in [0.29, 0.717) is 28.9 Å². The molecule has 0 unspecified atom stereocenters. The predicted molar refractivity (Wildman–Crippen MR) is 77.8 cm³/mol. The van der Waals surface area contributed by atoms with Gasteiger partial charge in [0.05, 0.1) is 28.9 Å². The Kier molecular flexibility index (Phi) is 6.28. The lowest BCUT2D eigenvalue weighted by Gasteiger charge is -2.08. The monoisotopic (exact) mass is 359 g/mol. The molecule has 0 heterocycles. The molecule has 1 aromatic carbocycles. The second-order valence-corrected chi connectivity index (χ2v) is 4.52. The second-order valence-electron chi connectivity index (χ2n) is 3.36. The van der Waals surface area contributed by atoms with E-state index in [4.69, 9.17) is 10.00 Å². The molecule has 0 aliphatic rings.